The predicted molar refractivity (Wildman–Crippen MR) is 92.3 cm³/mol. The van der Waals surface area contributed by atoms with E-state index in [1.165, 1.54) is 0 Å². The second kappa shape index (κ2) is 6.06. The highest BCUT2D eigenvalue weighted by Crippen LogP contribution is 2.29. The topological polar surface area (TPSA) is 55.3 Å². The summed E-state index contributed by atoms with van der Waals surface area (Å²) in [5.41, 5.74) is 2.23. The number of rotatable bonds is 2. The average Bonchev–Trinajstić information content (AvgIpc) is 2.96. The number of methoxy groups -OCH3 is 1. The van der Waals surface area contributed by atoms with E-state index >= 15 is 0 Å². The van der Waals surface area contributed by atoms with Crippen LogP contribution in [0, 0.1) is 0 Å². The van der Waals surface area contributed by atoms with Crippen LogP contribution in [0.2, 0.25) is 5.02 Å². The van der Waals surface area contributed by atoms with Gasteiger partial charge < -0.3 is 9.64 Å². The molecule has 1 aliphatic heterocycles. The second-order valence-electron chi connectivity index (χ2n) is 6.92. The predicted octanol–water partition coefficient (Wildman–Crippen LogP) is 3.59. The van der Waals surface area contributed by atoms with Crippen molar-refractivity contribution in [3.8, 4) is 5.75 Å². The standard InChI is InChI=1S/C18H20ClN3O2/c1-18(2,3)17-20-8-11-9-22(10-14(11)21-17)16(23)13-7-12(19)5-6-15(13)24-4/h5-8H,9-10H2,1-4H3. The van der Waals surface area contributed by atoms with Gasteiger partial charge in [0.2, 0.25) is 0 Å². The van der Waals surface area contributed by atoms with Crippen LogP contribution in [-0.4, -0.2) is 27.9 Å². The molecule has 0 unspecified atom stereocenters. The molecule has 6 heteroatoms. The quantitative estimate of drug-likeness (QED) is 0.834. The molecule has 1 aromatic heterocycles. The Morgan fingerprint density at radius 1 is 1.29 bits per heavy atom. The molecule has 3 rings (SSSR count). The SMILES string of the molecule is COc1ccc(Cl)cc1C(=O)N1Cc2cnc(C(C)(C)C)nc2C1. The Hall–Kier alpha value is -2.14. The monoisotopic (exact) mass is 345 g/mol. The van der Waals surface area contributed by atoms with Gasteiger partial charge in [-0.2, -0.15) is 0 Å². The maximum Gasteiger partial charge on any atom is 0.258 e. The van der Waals surface area contributed by atoms with E-state index in [2.05, 4.69) is 30.7 Å². The Morgan fingerprint density at radius 3 is 2.71 bits per heavy atom. The van der Waals surface area contributed by atoms with Crippen LogP contribution >= 0.6 is 11.6 Å². The van der Waals surface area contributed by atoms with E-state index in [0.717, 1.165) is 17.1 Å². The van der Waals surface area contributed by atoms with Crippen molar-refractivity contribution in [2.24, 2.45) is 0 Å². The van der Waals surface area contributed by atoms with Crippen molar-refractivity contribution in [1.82, 2.24) is 14.9 Å². The molecule has 0 saturated heterocycles. The maximum absolute atomic E-state index is 12.9. The smallest absolute Gasteiger partial charge is 0.258 e. The molecule has 0 saturated carbocycles. The van der Waals surface area contributed by atoms with Crippen molar-refractivity contribution in [2.75, 3.05) is 7.11 Å². The van der Waals surface area contributed by atoms with Crippen LogP contribution in [0.15, 0.2) is 24.4 Å². The first-order valence-electron chi connectivity index (χ1n) is 7.77. The molecule has 126 valence electrons. The molecule has 0 N–H and O–H groups in total. The molecule has 24 heavy (non-hydrogen) atoms. The van der Waals surface area contributed by atoms with Gasteiger partial charge in [-0.3, -0.25) is 4.79 Å². The number of carbonyl (C=O) groups is 1. The number of nitrogens with zero attached hydrogens (tertiary/aromatic N) is 3. The van der Waals surface area contributed by atoms with Gasteiger partial charge in [-0.05, 0) is 18.2 Å². The Balaban J connectivity index is 1.88. The second-order valence-corrected chi connectivity index (χ2v) is 7.36. The zero-order valence-electron chi connectivity index (χ0n) is 14.3. The first kappa shape index (κ1) is 16.7. The molecule has 0 atom stereocenters. The molecule has 0 radical (unpaired) electrons. The summed E-state index contributed by atoms with van der Waals surface area (Å²) in [5.74, 6) is 1.18. The van der Waals surface area contributed by atoms with Crippen molar-refractivity contribution in [3.63, 3.8) is 0 Å². The first-order valence-corrected chi connectivity index (χ1v) is 8.15. The largest absolute Gasteiger partial charge is 0.496 e. The zero-order chi connectivity index (χ0) is 17.5. The summed E-state index contributed by atoms with van der Waals surface area (Å²) in [4.78, 5) is 23.7. The highest BCUT2D eigenvalue weighted by atomic mass is 35.5. The molecule has 1 amide bonds. The molecule has 5 nitrogen and oxygen atoms in total. The molecular weight excluding hydrogens is 326 g/mol. The number of hydrogen-bond acceptors (Lipinski definition) is 4. The zero-order valence-corrected chi connectivity index (χ0v) is 15.0. The third kappa shape index (κ3) is 3.08. The van der Waals surface area contributed by atoms with Gasteiger partial charge in [0, 0.05) is 28.7 Å². The van der Waals surface area contributed by atoms with Gasteiger partial charge in [0.15, 0.2) is 0 Å². The van der Waals surface area contributed by atoms with E-state index in [-0.39, 0.29) is 11.3 Å². The van der Waals surface area contributed by atoms with E-state index in [0.29, 0.717) is 29.4 Å². The van der Waals surface area contributed by atoms with Crippen LogP contribution in [0.1, 0.15) is 48.2 Å². The third-order valence-corrected chi connectivity index (χ3v) is 4.24. The highest BCUT2D eigenvalue weighted by molar-refractivity contribution is 6.31. The fourth-order valence-electron chi connectivity index (χ4n) is 2.68. The summed E-state index contributed by atoms with van der Waals surface area (Å²) >= 11 is 6.04. The van der Waals surface area contributed by atoms with Crippen molar-refractivity contribution < 1.29 is 9.53 Å². The number of halogens is 1. The van der Waals surface area contributed by atoms with Crippen molar-refractivity contribution >= 4 is 17.5 Å². The van der Waals surface area contributed by atoms with Gasteiger partial charge in [0.05, 0.1) is 24.9 Å². The first-order chi connectivity index (χ1) is 11.3. The molecule has 1 aromatic carbocycles. The van der Waals surface area contributed by atoms with Gasteiger partial charge in [-0.15, -0.1) is 0 Å². The van der Waals surface area contributed by atoms with Crippen molar-refractivity contribution in [2.45, 2.75) is 39.3 Å². The molecule has 0 bridgehead atoms. The minimum Gasteiger partial charge on any atom is -0.496 e. The Labute approximate surface area is 146 Å². The number of amides is 1. The van der Waals surface area contributed by atoms with Gasteiger partial charge in [-0.25, -0.2) is 9.97 Å². The lowest BCUT2D eigenvalue weighted by molar-refractivity contribution is 0.0747. The van der Waals surface area contributed by atoms with Crippen LogP contribution in [0.5, 0.6) is 5.75 Å². The molecule has 2 heterocycles. The van der Waals surface area contributed by atoms with Crippen LogP contribution in [0.25, 0.3) is 0 Å². The van der Waals surface area contributed by atoms with E-state index in [9.17, 15) is 4.79 Å². The lowest BCUT2D eigenvalue weighted by atomic mass is 9.95. The summed E-state index contributed by atoms with van der Waals surface area (Å²) in [7, 11) is 1.54. The van der Waals surface area contributed by atoms with E-state index in [4.69, 9.17) is 16.3 Å². The van der Waals surface area contributed by atoms with Gasteiger partial charge in [0.1, 0.15) is 11.6 Å². The van der Waals surface area contributed by atoms with Crippen molar-refractivity contribution in [3.05, 3.63) is 52.1 Å². The number of ether oxygens (including phenoxy) is 1. The number of benzene rings is 1. The minimum atomic E-state index is -0.122. The van der Waals surface area contributed by atoms with E-state index < -0.39 is 0 Å². The fraction of sp³-hybridized carbons (Fsp3) is 0.389. The summed E-state index contributed by atoms with van der Waals surface area (Å²) in [6.45, 7) is 7.18. The molecule has 2 aromatic rings. The Bertz CT molecular complexity index is 799. The molecule has 1 aliphatic rings. The van der Waals surface area contributed by atoms with E-state index in [1.807, 2.05) is 6.20 Å². The van der Waals surface area contributed by atoms with E-state index in [1.54, 1.807) is 30.2 Å². The Morgan fingerprint density at radius 2 is 2.04 bits per heavy atom. The Kier molecular flexibility index (Phi) is 4.22. The summed E-state index contributed by atoms with van der Waals surface area (Å²) in [6, 6.07) is 5.05. The average molecular weight is 346 g/mol. The lowest BCUT2D eigenvalue weighted by Crippen LogP contribution is -2.26. The summed E-state index contributed by atoms with van der Waals surface area (Å²) in [6.07, 6.45) is 1.82. The molecule has 0 aliphatic carbocycles. The molecular formula is C18H20ClN3O2. The summed E-state index contributed by atoms with van der Waals surface area (Å²) in [5, 5.41) is 0.505. The number of carbonyl (C=O) groups excluding carboxylic acids is 1. The van der Waals surface area contributed by atoms with Gasteiger partial charge >= 0.3 is 0 Å². The van der Waals surface area contributed by atoms with Crippen LogP contribution in [0.3, 0.4) is 0 Å². The number of fused-ring (bicyclic) bond motifs is 1. The van der Waals surface area contributed by atoms with Crippen LogP contribution < -0.4 is 4.74 Å². The highest BCUT2D eigenvalue weighted by Gasteiger charge is 2.29. The normalized spacial score (nSPS) is 13.8. The number of aromatic nitrogens is 2. The van der Waals surface area contributed by atoms with Crippen LogP contribution in [-0.2, 0) is 18.5 Å². The molecule has 0 spiro atoms. The third-order valence-electron chi connectivity index (χ3n) is 4.01. The van der Waals surface area contributed by atoms with Gasteiger partial charge in [0.25, 0.3) is 5.91 Å². The lowest BCUT2D eigenvalue weighted by Gasteiger charge is -2.17. The maximum atomic E-state index is 12.9. The van der Waals surface area contributed by atoms with Crippen LogP contribution in [0.4, 0.5) is 0 Å². The molecule has 0 fully saturated rings. The summed E-state index contributed by atoms with van der Waals surface area (Å²) < 4.78 is 5.29. The van der Waals surface area contributed by atoms with Crippen molar-refractivity contribution in [1.29, 1.82) is 0 Å². The van der Waals surface area contributed by atoms with Gasteiger partial charge in [-0.1, -0.05) is 32.4 Å². The fourth-order valence-corrected chi connectivity index (χ4v) is 2.85. The minimum absolute atomic E-state index is 0.121. The number of hydrogen-bond donors (Lipinski definition) is 0.